The predicted molar refractivity (Wildman–Crippen MR) is 49.4 cm³/mol. The summed E-state index contributed by atoms with van der Waals surface area (Å²) in [5.74, 6) is 0. The minimum atomic E-state index is 0.848. The molecule has 0 aliphatic carbocycles. The normalized spacial score (nSPS) is 9.42. The summed E-state index contributed by atoms with van der Waals surface area (Å²) in [7, 11) is 1.88. The van der Waals surface area contributed by atoms with Crippen LogP contribution in [-0.4, -0.2) is 29.8 Å². The SMILES string of the molecule is CN(C=N)CCc1ccccn1. The van der Waals surface area contributed by atoms with Crippen molar-refractivity contribution >= 4 is 6.34 Å². The van der Waals surface area contributed by atoms with Gasteiger partial charge in [-0.2, -0.15) is 0 Å². The molecule has 0 saturated heterocycles. The number of aromatic nitrogens is 1. The van der Waals surface area contributed by atoms with Crippen LogP contribution in [0.4, 0.5) is 0 Å². The van der Waals surface area contributed by atoms with Crippen LogP contribution in [0, 0.1) is 5.41 Å². The second kappa shape index (κ2) is 4.49. The molecule has 12 heavy (non-hydrogen) atoms. The van der Waals surface area contributed by atoms with Gasteiger partial charge in [0.2, 0.25) is 0 Å². The number of hydrogen-bond acceptors (Lipinski definition) is 2. The predicted octanol–water partition coefficient (Wildman–Crippen LogP) is 1.16. The van der Waals surface area contributed by atoms with E-state index in [0.717, 1.165) is 18.7 Å². The van der Waals surface area contributed by atoms with E-state index in [9.17, 15) is 0 Å². The van der Waals surface area contributed by atoms with E-state index in [-0.39, 0.29) is 0 Å². The molecule has 0 aromatic carbocycles. The quantitative estimate of drug-likeness (QED) is 0.534. The number of nitrogens with zero attached hydrogens (tertiary/aromatic N) is 2. The first kappa shape index (κ1) is 8.71. The molecule has 3 heteroatoms. The topological polar surface area (TPSA) is 40.0 Å². The molecule has 1 aromatic rings. The Morgan fingerprint density at radius 2 is 2.42 bits per heavy atom. The molecule has 0 unspecified atom stereocenters. The number of rotatable bonds is 4. The number of nitrogens with one attached hydrogen (secondary N) is 1. The van der Waals surface area contributed by atoms with Gasteiger partial charge in [0, 0.05) is 31.9 Å². The molecular formula is C9H13N3. The van der Waals surface area contributed by atoms with E-state index < -0.39 is 0 Å². The fraction of sp³-hybridized carbons (Fsp3) is 0.333. The Kier molecular flexibility index (Phi) is 3.26. The first-order valence-electron chi connectivity index (χ1n) is 3.93. The number of likely N-dealkylation sites (N-methyl/N-ethyl adjacent to an activating group) is 1. The summed E-state index contributed by atoms with van der Waals surface area (Å²) >= 11 is 0. The van der Waals surface area contributed by atoms with Gasteiger partial charge in [0.25, 0.3) is 0 Å². The summed E-state index contributed by atoms with van der Waals surface area (Å²) in [5, 5.41) is 6.96. The number of hydrogen-bond donors (Lipinski definition) is 1. The first-order valence-corrected chi connectivity index (χ1v) is 3.93. The minimum absolute atomic E-state index is 0.848. The second-order valence-corrected chi connectivity index (χ2v) is 2.68. The summed E-state index contributed by atoms with van der Waals surface area (Å²) in [6.45, 7) is 0.848. The first-order chi connectivity index (χ1) is 5.83. The summed E-state index contributed by atoms with van der Waals surface area (Å²) < 4.78 is 0. The Bertz CT molecular complexity index is 233. The maximum absolute atomic E-state index is 6.96. The molecule has 0 radical (unpaired) electrons. The maximum atomic E-state index is 6.96. The Morgan fingerprint density at radius 1 is 1.58 bits per heavy atom. The van der Waals surface area contributed by atoms with Crippen LogP contribution in [0.25, 0.3) is 0 Å². The summed E-state index contributed by atoms with van der Waals surface area (Å²) in [5.41, 5.74) is 1.08. The van der Waals surface area contributed by atoms with E-state index in [0.29, 0.717) is 0 Å². The fourth-order valence-electron chi connectivity index (χ4n) is 0.901. The lowest BCUT2D eigenvalue weighted by atomic mass is 10.3. The van der Waals surface area contributed by atoms with E-state index >= 15 is 0 Å². The summed E-state index contributed by atoms with van der Waals surface area (Å²) in [4.78, 5) is 6.01. The third kappa shape index (κ3) is 2.70. The van der Waals surface area contributed by atoms with Crippen LogP contribution in [0.5, 0.6) is 0 Å². The van der Waals surface area contributed by atoms with E-state index in [1.165, 1.54) is 6.34 Å². The van der Waals surface area contributed by atoms with Gasteiger partial charge in [0.05, 0.1) is 6.34 Å². The lowest BCUT2D eigenvalue weighted by molar-refractivity contribution is 0.517. The third-order valence-electron chi connectivity index (χ3n) is 1.67. The average molecular weight is 163 g/mol. The Hall–Kier alpha value is -1.38. The van der Waals surface area contributed by atoms with Gasteiger partial charge in [-0.15, -0.1) is 0 Å². The summed E-state index contributed by atoms with van der Waals surface area (Å²) in [6.07, 6.45) is 4.01. The standard InChI is InChI=1S/C9H13N3/c1-12(8-10)7-5-9-4-2-3-6-11-9/h2-4,6,8,10H,5,7H2,1H3. The fourth-order valence-corrected chi connectivity index (χ4v) is 0.901. The molecule has 0 aliphatic rings. The highest BCUT2D eigenvalue weighted by Crippen LogP contribution is 1.94. The average Bonchev–Trinajstić information content (AvgIpc) is 2.16. The highest BCUT2D eigenvalue weighted by molar-refractivity contribution is 5.49. The molecule has 0 bridgehead atoms. The van der Waals surface area contributed by atoms with Gasteiger partial charge < -0.3 is 4.90 Å². The zero-order chi connectivity index (χ0) is 8.81. The monoisotopic (exact) mass is 163 g/mol. The largest absolute Gasteiger partial charge is 0.366 e. The maximum Gasteiger partial charge on any atom is 0.0814 e. The Morgan fingerprint density at radius 3 is 3.00 bits per heavy atom. The van der Waals surface area contributed by atoms with Crippen LogP contribution >= 0.6 is 0 Å². The lowest BCUT2D eigenvalue weighted by Crippen LogP contribution is -2.18. The molecule has 0 amide bonds. The smallest absolute Gasteiger partial charge is 0.0814 e. The van der Waals surface area contributed by atoms with Crippen molar-refractivity contribution in [1.82, 2.24) is 9.88 Å². The molecule has 0 spiro atoms. The zero-order valence-corrected chi connectivity index (χ0v) is 7.20. The van der Waals surface area contributed by atoms with Crippen molar-refractivity contribution in [1.29, 1.82) is 5.41 Å². The molecule has 1 N–H and O–H groups in total. The van der Waals surface area contributed by atoms with E-state index in [1.54, 1.807) is 6.20 Å². The van der Waals surface area contributed by atoms with Crippen LogP contribution in [0.2, 0.25) is 0 Å². The second-order valence-electron chi connectivity index (χ2n) is 2.68. The van der Waals surface area contributed by atoms with Crippen molar-refractivity contribution in [2.75, 3.05) is 13.6 Å². The van der Waals surface area contributed by atoms with Crippen LogP contribution in [0.1, 0.15) is 5.69 Å². The van der Waals surface area contributed by atoms with Crippen molar-refractivity contribution in [3.05, 3.63) is 30.1 Å². The molecule has 3 nitrogen and oxygen atoms in total. The van der Waals surface area contributed by atoms with Gasteiger partial charge in [-0.1, -0.05) is 6.07 Å². The highest BCUT2D eigenvalue weighted by Gasteiger charge is 1.94. The van der Waals surface area contributed by atoms with Gasteiger partial charge in [-0.3, -0.25) is 10.4 Å². The zero-order valence-electron chi connectivity index (χ0n) is 7.20. The molecule has 1 heterocycles. The Labute approximate surface area is 72.6 Å². The van der Waals surface area contributed by atoms with Crippen LogP contribution < -0.4 is 0 Å². The highest BCUT2D eigenvalue weighted by atomic mass is 15.1. The minimum Gasteiger partial charge on any atom is -0.366 e. The molecule has 0 aliphatic heterocycles. The van der Waals surface area contributed by atoms with Crippen LogP contribution in [-0.2, 0) is 6.42 Å². The Balaban J connectivity index is 2.38. The van der Waals surface area contributed by atoms with Crippen molar-refractivity contribution in [3.8, 4) is 0 Å². The van der Waals surface area contributed by atoms with Gasteiger partial charge in [0.15, 0.2) is 0 Å². The number of pyridine rings is 1. The molecular weight excluding hydrogens is 150 g/mol. The van der Waals surface area contributed by atoms with Gasteiger partial charge in [-0.05, 0) is 12.1 Å². The van der Waals surface area contributed by atoms with Crippen LogP contribution in [0.3, 0.4) is 0 Å². The van der Waals surface area contributed by atoms with Gasteiger partial charge in [0.1, 0.15) is 0 Å². The van der Waals surface area contributed by atoms with Gasteiger partial charge >= 0.3 is 0 Å². The van der Waals surface area contributed by atoms with Crippen molar-refractivity contribution in [2.24, 2.45) is 0 Å². The summed E-state index contributed by atoms with van der Waals surface area (Å²) in [6, 6.07) is 5.88. The molecule has 1 aromatic heterocycles. The van der Waals surface area contributed by atoms with Gasteiger partial charge in [-0.25, -0.2) is 0 Å². The third-order valence-corrected chi connectivity index (χ3v) is 1.67. The van der Waals surface area contributed by atoms with Crippen molar-refractivity contribution < 1.29 is 0 Å². The molecule has 0 fully saturated rings. The van der Waals surface area contributed by atoms with Crippen LogP contribution in [0.15, 0.2) is 24.4 Å². The molecule has 64 valence electrons. The van der Waals surface area contributed by atoms with Crippen molar-refractivity contribution in [3.63, 3.8) is 0 Å². The van der Waals surface area contributed by atoms with Crippen molar-refractivity contribution in [2.45, 2.75) is 6.42 Å². The molecule has 0 saturated carbocycles. The lowest BCUT2D eigenvalue weighted by Gasteiger charge is -2.10. The molecule has 0 atom stereocenters. The van der Waals surface area contributed by atoms with E-state index in [4.69, 9.17) is 5.41 Å². The van der Waals surface area contributed by atoms with E-state index in [2.05, 4.69) is 4.98 Å². The van der Waals surface area contributed by atoms with E-state index in [1.807, 2.05) is 30.1 Å². The molecule has 1 rings (SSSR count).